The number of hydrogen-bond donors (Lipinski definition) is 2. The highest BCUT2D eigenvalue weighted by Crippen LogP contribution is 2.45. The average Bonchev–Trinajstić information content (AvgIpc) is 2.83. The molecular formula is C10H14O7. The first-order valence-electron chi connectivity index (χ1n) is 5.30. The van der Waals surface area contributed by atoms with Crippen molar-refractivity contribution in [2.75, 3.05) is 13.2 Å². The van der Waals surface area contributed by atoms with Gasteiger partial charge in [-0.25, -0.2) is 0 Å². The zero-order valence-corrected chi connectivity index (χ0v) is 9.29. The molecule has 2 fully saturated rings. The average molecular weight is 246 g/mol. The Balaban J connectivity index is 2.26. The Morgan fingerprint density at radius 2 is 2.06 bits per heavy atom. The topological polar surface area (TPSA) is 102 Å². The first kappa shape index (κ1) is 12.3. The maximum atomic E-state index is 11.8. The predicted molar refractivity (Wildman–Crippen MR) is 51.6 cm³/mol. The van der Waals surface area contributed by atoms with E-state index in [-0.39, 0.29) is 6.42 Å². The first-order valence-corrected chi connectivity index (χ1v) is 5.30. The fourth-order valence-corrected chi connectivity index (χ4v) is 2.24. The van der Waals surface area contributed by atoms with Gasteiger partial charge in [-0.1, -0.05) is 0 Å². The quantitative estimate of drug-likeness (QED) is 0.637. The van der Waals surface area contributed by atoms with E-state index in [0.29, 0.717) is 13.2 Å². The highest BCUT2D eigenvalue weighted by Gasteiger charge is 2.60. The number of esters is 1. The van der Waals surface area contributed by atoms with E-state index in [1.807, 2.05) is 0 Å². The lowest BCUT2D eigenvalue weighted by molar-refractivity contribution is -0.173. The summed E-state index contributed by atoms with van der Waals surface area (Å²) in [6, 6.07) is 0. The zero-order valence-electron chi connectivity index (χ0n) is 9.29. The Morgan fingerprint density at radius 1 is 1.47 bits per heavy atom. The molecule has 2 saturated heterocycles. The van der Waals surface area contributed by atoms with Crippen LogP contribution >= 0.6 is 0 Å². The third-order valence-electron chi connectivity index (χ3n) is 3.29. The number of aliphatic hydroxyl groups is 1. The van der Waals surface area contributed by atoms with E-state index in [1.165, 1.54) is 6.92 Å². The summed E-state index contributed by atoms with van der Waals surface area (Å²) < 4.78 is 15.2. The lowest BCUT2D eigenvalue weighted by Crippen LogP contribution is -2.44. The summed E-state index contributed by atoms with van der Waals surface area (Å²) in [5.74, 6) is -2.68. The number of aliphatic carboxylic acids is 1. The van der Waals surface area contributed by atoms with Crippen molar-refractivity contribution < 1.29 is 34.0 Å². The molecule has 3 atom stereocenters. The Labute approximate surface area is 97.3 Å². The van der Waals surface area contributed by atoms with Gasteiger partial charge in [-0.2, -0.15) is 0 Å². The van der Waals surface area contributed by atoms with Crippen LogP contribution in [0.4, 0.5) is 0 Å². The first-order chi connectivity index (χ1) is 7.96. The van der Waals surface area contributed by atoms with Crippen molar-refractivity contribution in [1.82, 2.24) is 0 Å². The molecule has 0 aliphatic carbocycles. The Kier molecular flexibility index (Phi) is 3.07. The molecule has 2 aliphatic heterocycles. The van der Waals surface area contributed by atoms with Crippen LogP contribution in [0.15, 0.2) is 0 Å². The Morgan fingerprint density at radius 3 is 2.59 bits per heavy atom. The normalized spacial score (nSPS) is 38.4. The van der Waals surface area contributed by atoms with Crippen molar-refractivity contribution in [2.45, 2.75) is 25.9 Å². The van der Waals surface area contributed by atoms with E-state index in [0.717, 1.165) is 0 Å². The molecular weight excluding hydrogens is 232 g/mol. The Hall–Kier alpha value is -1.18. The predicted octanol–water partition coefficient (Wildman–Crippen LogP) is -0.668. The monoisotopic (exact) mass is 246 g/mol. The van der Waals surface area contributed by atoms with Crippen molar-refractivity contribution >= 4 is 11.9 Å². The Bertz CT molecular complexity index is 336. The summed E-state index contributed by atoms with van der Waals surface area (Å²) in [6.45, 7) is 2.17. The number of carbonyl (C=O) groups is 2. The lowest BCUT2D eigenvalue weighted by atomic mass is 9.76. The lowest BCUT2D eigenvalue weighted by Gasteiger charge is -2.30. The number of ether oxygens (including phenoxy) is 3. The maximum Gasteiger partial charge on any atom is 0.319 e. The standard InChI is InChI=1S/C10H14O7/c1-10(9-15-2-3-16-9)5(4-6(11)12)7(13)17-8(10)14/h5,7,9,13H,2-4H2,1H3,(H,11,12)/t5-,7?,10-/m1/s1. The van der Waals surface area contributed by atoms with Gasteiger partial charge in [0.1, 0.15) is 5.41 Å². The molecule has 7 heteroatoms. The fraction of sp³-hybridized carbons (Fsp3) is 0.800. The summed E-state index contributed by atoms with van der Waals surface area (Å²) >= 11 is 0. The maximum absolute atomic E-state index is 11.8. The van der Waals surface area contributed by atoms with Gasteiger partial charge in [0.2, 0.25) is 6.29 Å². The fourth-order valence-electron chi connectivity index (χ4n) is 2.24. The van der Waals surface area contributed by atoms with E-state index in [1.54, 1.807) is 0 Å². The van der Waals surface area contributed by atoms with E-state index < -0.39 is 35.9 Å². The molecule has 0 amide bonds. The molecule has 0 bridgehead atoms. The molecule has 2 N–H and O–H groups in total. The second kappa shape index (κ2) is 4.25. The third kappa shape index (κ3) is 1.90. The molecule has 0 aromatic rings. The number of rotatable bonds is 3. The van der Waals surface area contributed by atoms with Crippen LogP contribution in [0.1, 0.15) is 13.3 Å². The second-order valence-corrected chi connectivity index (χ2v) is 4.36. The largest absolute Gasteiger partial charge is 0.481 e. The SMILES string of the molecule is C[C@]1(C2OCCO2)C(=O)OC(O)[C@H]1CC(=O)O. The van der Waals surface area contributed by atoms with Gasteiger partial charge in [0.25, 0.3) is 0 Å². The van der Waals surface area contributed by atoms with Gasteiger partial charge in [0.05, 0.1) is 25.6 Å². The molecule has 96 valence electrons. The number of cyclic esters (lactones) is 1. The van der Waals surface area contributed by atoms with Gasteiger partial charge in [-0.3, -0.25) is 9.59 Å². The molecule has 2 heterocycles. The van der Waals surface area contributed by atoms with Crippen molar-refractivity contribution in [3.05, 3.63) is 0 Å². The second-order valence-electron chi connectivity index (χ2n) is 4.36. The van der Waals surface area contributed by atoms with E-state index in [4.69, 9.17) is 19.3 Å². The van der Waals surface area contributed by atoms with Gasteiger partial charge < -0.3 is 24.4 Å². The van der Waals surface area contributed by atoms with Gasteiger partial charge in [0.15, 0.2) is 6.29 Å². The minimum absolute atomic E-state index is 0.337. The van der Waals surface area contributed by atoms with Crippen molar-refractivity contribution in [1.29, 1.82) is 0 Å². The van der Waals surface area contributed by atoms with Crippen LogP contribution in [0.2, 0.25) is 0 Å². The molecule has 2 rings (SSSR count). The molecule has 0 spiro atoms. The van der Waals surface area contributed by atoms with Crippen molar-refractivity contribution in [2.24, 2.45) is 11.3 Å². The molecule has 0 radical (unpaired) electrons. The molecule has 0 saturated carbocycles. The van der Waals surface area contributed by atoms with E-state index in [9.17, 15) is 14.7 Å². The molecule has 17 heavy (non-hydrogen) atoms. The number of carboxylic acids is 1. The van der Waals surface area contributed by atoms with E-state index >= 15 is 0 Å². The molecule has 0 aromatic carbocycles. The van der Waals surface area contributed by atoms with Crippen LogP contribution < -0.4 is 0 Å². The summed E-state index contributed by atoms with van der Waals surface area (Å²) in [5, 5.41) is 18.4. The van der Waals surface area contributed by atoms with Crippen LogP contribution in [-0.4, -0.2) is 47.9 Å². The van der Waals surface area contributed by atoms with E-state index in [2.05, 4.69) is 0 Å². The third-order valence-corrected chi connectivity index (χ3v) is 3.29. The molecule has 1 unspecified atom stereocenters. The molecule has 0 aromatic heterocycles. The highest BCUT2D eigenvalue weighted by atomic mass is 16.7. The number of aliphatic hydroxyl groups excluding tert-OH is 1. The molecule has 2 aliphatic rings. The van der Waals surface area contributed by atoms with Gasteiger partial charge in [0, 0.05) is 0 Å². The number of carboxylic acid groups (broad SMARTS) is 1. The smallest absolute Gasteiger partial charge is 0.319 e. The van der Waals surface area contributed by atoms with Crippen LogP contribution in [0.5, 0.6) is 0 Å². The highest BCUT2D eigenvalue weighted by molar-refractivity contribution is 5.81. The van der Waals surface area contributed by atoms with Gasteiger partial charge >= 0.3 is 11.9 Å². The minimum Gasteiger partial charge on any atom is -0.481 e. The number of carbonyl (C=O) groups excluding carboxylic acids is 1. The van der Waals surface area contributed by atoms with Crippen LogP contribution in [0.3, 0.4) is 0 Å². The van der Waals surface area contributed by atoms with Crippen LogP contribution in [-0.2, 0) is 23.8 Å². The number of hydrogen-bond acceptors (Lipinski definition) is 6. The summed E-state index contributed by atoms with van der Waals surface area (Å²) in [5.41, 5.74) is -1.28. The zero-order chi connectivity index (χ0) is 12.6. The van der Waals surface area contributed by atoms with Crippen LogP contribution in [0.25, 0.3) is 0 Å². The van der Waals surface area contributed by atoms with Gasteiger partial charge in [-0.15, -0.1) is 0 Å². The molecule has 7 nitrogen and oxygen atoms in total. The minimum atomic E-state index is -1.43. The van der Waals surface area contributed by atoms with Crippen molar-refractivity contribution in [3.63, 3.8) is 0 Å². The summed E-state index contributed by atoms with van der Waals surface area (Å²) in [6.07, 6.45) is -2.68. The summed E-state index contributed by atoms with van der Waals surface area (Å²) in [4.78, 5) is 22.5. The summed E-state index contributed by atoms with van der Waals surface area (Å²) in [7, 11) is 0. The van der Waals surface area contributed by atoms with Crippen molar-refractivity contribution in [3.8, 4) is 0 Å². The van der Waals surface area contributed by atoms with Gasteiger partial charge in [-0.05, 0) is 6.92 Å². The van der Waals surface area contributed by atoms with Crippen LogP contribution in [0, 0.1) is 11.3 Å².